The molecule has 1 aliphatic rings. The fourth-order valence-electron chi connectivity index (χ4n) is 2.08. The zero-order chi connectivity index (χ0) is 12.3. The molecule has 1 aliphatic carbocycles. The molecule has 2 rings (SSSR count). The van der Waals surface area contributed by atoms with Gasteiger partial charge in [-0.3, -0.25) is 4.79 Å². The molecule has 3 heteroatoms. The molecule has 0 bridgehead atoms. The summed E-state index contributed by atoms with van der Waals surface area (Å²) in [5.74, 6) is 1.41. The molecule has 0 aromatic heterocycles. The molecule has 1 aromatic carbocycles. The van der Waals surface area contributed by atoms with E-state index in [1.807, 2.05) is 19.1 Å². The highest BCUT2D eigenvalue weighted by atomic mass is 16.5. The summed E-state index contributed by atoms with van der Waals surface area (Å²) in [6, 6.07) is 8.02. The van der Waals surface area contributed by atoms with Crippen LogP contribution in [0.25, 0.3) is 0 Å². The van der Waals surface area contributed by atoms with Gasteiger partial charge in [-0.1, -0.05) is 12.1 Å². The number of hydrogen-bond acceptors (Lipinski definition) is 3. The zero-order valence-corrected chi connectivity index (χ0v) is 10.3. The standard InChI is InChI=1S/C14H18O3/c1-3-17-14(15)13-9-11(13)8-10-4-6-12(16-2)7-5-10/h4-7,11,13H,3,8-9H2,1-2H3. The van der Waals surface area contributed by atoms with E-state index in [1.165, 1.54) is 5.56 Å². The molecular formula is C14H18O3. The van der Waals surface area contributed by atoms with Crippen LogP contribution in [0.2, 0.25) is 0 Å². The summed E-state index contributed by atoms with van der Waals surface area (Å²) in [6.45, 7) is 2.32. The van der Waals surface area contributed by atoms with Gasteiger partial charge in [0, 0.05) is 0 Å². The summed E-state index contributed by atoms with van der Waals surface area (Å²) >= 11 is 0. The van der Waals surface area contributed by atoms with Crippen molar-refractivity contribution in [3.8, 4) is 5.75 Å². The first kappa shape index (κ1) is 12.0. The monoisotopic (exact) mass is 234 g/mol. The summed E-state index contributed by atoms with van der Waals surface area (Å²) in [5, 5.41) is 0. The average Bonchev–Trinajstić information content (AvgIpc) is 3.10. The maximum atomic E-state index is 11.5. The molecule has 1 saturated carbocycles. The summed E-state index contributed by atoms with van der Waals surface area (Å²) < 4.78 is 10.1. The van der Waals surface area contributed by atoms with Crippen LogP contribution in [-0.2, 0) is 16.0 Å². The van der Waals surface area contributed by atoms with E-state index in [2.05, 4.69) is 12.1 Å². The van der Waals surface area contributed by atoms with Crippen molar-refractivity contribution in [2.24, 2.45) is 11.8 Å². The van der Waals surface area contributed by atoms with E-state index in [1.54, 1.807) is 7.11 Å². The predicted molar refractivity (Wildman–Crippen MR) is 64.9 cm³/mol. The first-order valence-corrected chi connectivity index (χ1v) is 6.04. The van der Waals surface area contributed by atoms with Crippen molar-refractivity contribution >= 4 is 5.97 Å². The van der Waals surface area contributed by atoms with E-state index in [4.69, 9.17) is 9.47 Å². The van der Waals surface area contributed by atoms with Gasteiger partial charge in [-0.25, -0.2) is 0 Å². The largest absolute Gasteiger partial charge is 0.497 e. The van der Waals surface area contributed by atoms with Crippen molar-refractivity contribution in [3.63, 3.8) is 0 Å². The number of carbonyl (C=O) groups is 1. The van der Waals surface area contributed by atoms with Crippen LogP contribution in [0.5, 0.6) is 5.75 Å². The van der Waals surface area contributed by atoms with Crippen LogP contribution in [0.15, 0.2) is 24.3 Å². The van der Waals surface area contributed by atoms with Crippen molar-refractivity contribution < 1.29 is 14.3 Å². The average molecular weight is 234 g/mol. The van der Waals surface area contributed by atoms with Crippen molar-refractivity contribution in [2.75, 3.05) is 13.7 Å². The number of methoxy groups -OCH3 is 1. The highest BCUT2D eigenvalue weighted by molar-refractivity contribution is 5.75. The molecule has 0 N–H and O–H groups in total. The molecule has 3 nitrogen and oxygen atoms in total. The number of ether oxygens (including phenoxy) is 2. The molecule has 2 unspecified atom stereocenters. The molecule has 0 amide bonds. The first-order chi connectivity index (χ1) is 8.24. The summed E-state index contributed by atoms with van der Waals surface area (Å²) in [7, 11) is 1.66. The Kier molecular flexibility index (Phi) is 3.67. The minimum Gasteiger partial charge on any atom is -0.497 e. The molecule has 0 spiro atoms. The van der Waals surface area contributed by atoms with Crippen molar-refractivity contribution in [2.45, 2.75) is 19.8 Å². The molecule has 1 aromatic rings. The maximum absolute atomic E-state index is 11.5. The number of rotatable bonds is 5. The van der Waals surface area contributed by atoms with Crippen LogP contribution in [0.4, 0.5) is 0 Å². The Hall–Kier alpha value is -1.51. The second-order valence-corrected chi connectivity index (χ2v) is 4.41. The number of benzene rings is 1. The van der Waals surface area contributed by atoms with Crippen LogP contribution in [0.1, 0.15) is 18.9 Å². The van der Waals surface area contributed by atoms with E-state index in [0.717, 1.165) is 18.6 Å². The molecule has 0 aliphatic heterocycles. The van der Waals surface area contributed by atoms with Gasteiger partial charge in [0.1, 0.15) is 5.75 Å². The van der Waals surface area contributed by atoms with Gasteiger partial charge in [0.2, 0.25) is 0 Å². The Morgan fingerprint density at radius 1 is 1.35 bits per heavy atom. The summed E-state index contributed by atoms with van der Waals surface area (Å²) in [4.78, 5) is 11.5. The Morgan fingerprint density at radius 3 is 2.65 bits per heavy atom. The normalized spacial score (nSPS) is 22.0. The van der Waals surface area contributed by atoms with Crippen LogP contribution >= 0.6 is 0 Å². The van der Waals surface area contributed by atoms with Crippen molar-refractivity contribution in [1.82, 2.24) is 0 Å². The molecule has 0 radical (unpaired) electrons. The van der Waals surface area contributed by atoms with E-state index in [-0.39, 0.29) is 11.9 Å². The van der Waals surface area contributed by atoms with Crippen LogP contribution in [-0.4, -0.2) is 19.7 Å². The first-order valence-electron chi connectivity index (χ1n) is 6.04. The molecule has 2 atom stereocenters. The van der Waals surface area contributed by atoms with Gasteiger partial charge in [-0.15, -0.1) is 0 Å². The Balaban J connectivity index is 1.84. The minimum atomic E-state index is -0.0361. The van der Waals surface area contributed by atoms with Crippen molar-refractivity contribution in [1.29, 1.82) is 0 Å². The molecule has 92 valence electrons. The topological polar surface area (TPSA) is 35.5 Å². The van der Waals surface area contributed by atoms with Gasteiger partial charge >= 0.3 is 5.97 Å². The molecule has 1 fully saturated rings. The smallest absolute Gasteiger partial charge is 0.309 e. The van der Waals surface area contributed by atoms with Gasteiger partial charge < -0.3 is 9.47 Å². The lowest BCUT2D eigenvalue weighted by atomic mass is 10.1. The highest BCUT2D eigenvalue weighted by Gasteiger charge is 2.43. The van der Waals surface area contributed by atoms with E-state index in [9.17, 15) is 4.79 Å². The number of esters is 1. The molecule has 0 heterocycles. The minimum absolute atomic E-state index is 0.0361. The van der Waals surface area contributed by atoms with Crippen LogP contribution in [0.3, 0.4) is 0 Å². The highest BCUT2D eigenvalue weighted by Crippen LogP contribution is 2.42. The van der Waals surface area contributed by atoms with E-state index in [0.29, 0.717) is 12.5 Å². The lowest BCUT2D eigenvalue weighted by molar-refractivity contribution is -0.145. The lowest BCUT2D eigenvalue weighted by Crippen LogP contribution is -2.08. The van der Waals surface area contributed by atoms with Crippen LogP contribution in [0, 0.1) is 11.8 Å². The van der Waals surface area contributed by atoms with Gasteiger partial charge in [-0.2, -0.15) is 0 Å². The van der Waals surface area contributed by atoms with Gasteiger partial charge in [0.15, 0.2) is 0 Å². The van der Waals surface area contributed by atoms with Gasteiger partial charge in [-0.05, 0) is 43.4 Å². The fourth-order valence-corrected chi connectivity index (χ4v) is 2.08. The molecular weight excluding hydrogens is 216 g/mol. The quantitative estimate of drug-likeness (QED) is 0.734. The van der Waals surface area contributed by atoms with E-state index >= 15 is 0 Å². The Morgan fingerprint density at radius 2 is 2.06 bits per heavy atom. The summed E-state index contributed by atoms with van der Waals surface area (Å²) in [5.41, 5.74) is 1.25. The van der Waals surface area contributed by atoms with Crippen molar-refractivity contribution in [3.05, 3.63) is 29.8 Å². The second-order valence-electron chi connectivity index (χ2n) is 4.41. The SMILES string of the molecule is CCOC(=O)C1CC1Cc1ccc(OC)cc1. The third kappa shape index (κ3) is 2.99. The number of hydrogen-bond donors (Lipinski definition) is 0. The summed E-state index contributed by atoms with van der Waals surface area (Å²) in [6.07, 6.45) is 1.92. The second kappa shape index (κ2) is 5.21. The third-order valence-electron chi connectivity index (χ3n) is 3.17. The zero-order valence-electron chi connectivity index (χ0n) is 10.3. The van der Waals surface area contributed by atoms with Crippen LogP contribution < -0.4 is 4.74 Å². The Labute approximate surface area is 102 Å². The Bertz CT molecular complexity index is 383. The van der Waals surface area contributed by atoms with Gasteiger partial charge in [0.25, 0.3) is 0 Å². The lowest BCUT2D eigenvalue weighted by Gasteiger charge is -2.03. The predicted octanol–water partition coefficient (Wildman–Crippen LogP) is 2.44. The third-order valence-corrected chi connectivity index (χ3v) is 3.17. The molecule has 0 saturated heterocycles. The fraction of sp³-hybridized carbons (Fsp3) is 0.500. The van der Waals surface area contributed by atoms with E-state index < -0.39 is 0 Å². The number of carbonyl (C=O) groups excluding carboxylic acids is 1. The van der Waals surface area contributed by atoms with Gasteiger partial charge in [0.05, 0.1) is 19.6 Å². The molecule has 17 heavy (non-hydrogen) atoms. The maximum Gasteiger partial charge on any atom is 0.309 e.